The van der Waals surface area contributed by atoms with Gasteiger partial charge in [0.05, 0.1) is 22.1 Å². The van der Waals surface area contributed by atoms with Gasteiger partial charge in [0.15, 0.2) is 5.82 Å². The van der Waals surface area contributed by atoms with E-state index in [9.17, 15) is 18.0 Å². The van der Waals surface area contributed by atoms with Gasteiger partial charge in [0.1, 0.15) is 22.1 Å². The Morgan fingerprint density at radius 1 is 1.12 bits per heavy atom. The average molecular weight is 612 g/mol. The molecule has 0 radical (unpaired) electrons. The average Bonchev–Trinajstić information content (AvgIpc) is 3.28. The van der Waals surface area contributed by atoms with Crippen LogP contribution in [0.1, 0.15) is 26.5 Å². The van der Waals surface area contributed by atoms with Gasteiger partial charge in [-0.05, 0) is 45.9 Å². The quantitative estimate of drug-likeness (QED) is 0.309. The molecule has 0 aliphatic carbocycles. The molecule has 0 spiro atoms. The Bertz CT molecular complexity index is 1540. The smallest absolute Gasteiger partial charge is 0.430 e. The molecule has 0 saturated heterocycles. The molecule has 3 rings (SSSR count). The molecule has 1 aromatic heterocycles. The van der Waals surface area contributed by atoms with Crippen molar-refractivity contribution in [1.29, 1.82) is 0 Å². The predicted molar refractivity (Wildman–Crippen MR) is 152 cm³/mol. The highest BCUT2D eigenvalue weighted by Gasteiger charge is 2.39. The van der Waals surface area contributed by atoms with Crippen molar-refractivity contribution in [2.24, 2.45) is 0 Å². The fourth-order valence-corrected chi connectivity index (χ4v) is 5.17. The molecule has 222 valence electrons. The minimum atomic E-state index is -4.91. The Morgan fingerprint density at radius 3 is 2.37 bits per heavy atom. The van der Waals surface area contributed by atoms with Crippen molar-refractivity contribution in [2.75, 3.05) is 41.7 Å². The summed E-state index contributed by atoms with van der Waals surface area (Å²) >= 11 is 6.42. The zero-order valence-electron chi connectivity index (χ0n) is 23.3. The highest BCUT2D eigenvalue weighted by Crippen LogP contribution is 2.36. The number of aryl methyl sites for hydroxylation is 1. The summed E-state index contributed by atoms with van der Waals surface area (Å²) in [6, 6.07) is 9.93. The zero-order valence-corrected chi connectivity index (χ0v) is 24.9. The van der Waals surface area contributed by atoms with E-state index in [0.717, 1.165) is 17.0 Å². The monoisotopic (exact) mass is 611 g/mol. The standard InChI is InChI=1S/C26H31ClFN5O7S/c1-16-13-23(30-40-16)33(25(36)39-26(2,3)4)41(37,38)22-14-17(27)20(15-18(22)28)29-19-9-7-8-10-21(19)31(5)11-12-32(6)24(34)35/h7-10,13-15,29H,11-12H2,1-6H3,(H,34,35). The molecule has 0 aliphatic heterocycles. The Hall–Kier alpha value is -4.04. The maximum absolute atomic E-state index is 15.5. The number of hydrogen-bond donors (Lipinski definition) is 2. The van der Waals surface area contributed by atoms with Crippen molar-refractivity contribution >= 4 is 56.7 Å². The van der Waals surface area contributed by atoms with Gasteiger partial charge in [0.2, 0.25) is 0 Å². The lowest BCUT2D eigenvalue weighted by Crippen LogP contribution is -2.41. The summed E-state index contributed by atoms with van der Waals surface area (Å²) in [4.78, 5) is 26.1. The van der Waals surface area contributed by atoms with Crippen LogP contribution in [0.3, 0.4) is 0 Å². The molecule has 15 heteroatoms. The molecule has 2 N–H and O–H groups in total. The second kappa shape index (κ2) is 12.2. The molecule has 2 amide bonds. The van der Waals surface area contributed by atoms with E-state index in [-0.39, 0.29) is 27.3 Å². The van der Waals surface area contributed by atoms with Crippen LogP contribution in [0.2, 0.25) is 5.02 Å². The molecule has 0 saturated carbocycles. The summed E-state index contributed by atoms with van der Waals surface area (Å²) in [6.07, 6.45) is -2.37. The van der Waals surface area contributed by atoms with Crippen molar-refractivity contribution in [1.82, 2.24) is 10.1 Å². The predicted octanol–water partition coefficient (Wildman–Crippen LogP) is 5.70. The van der Waals surface area contributed by atoms with Gasteiger partial charge in [-0.15, -0.1) is 4.31 Å². The van der Waals surface area contributed by atoms with E-state index in [0.29, 0.717) is 17.9 Å². The highest BCUT2D eigenvalue weighted by atomic mass is 35.5. The number of likely N-dealkylation sites (N-methyl/N-ethyl adjacent to an activating group) is 2. The van der Waals surface area contributed by atoms with Gasteiger partial charge in [0, 0.05) is 39.3 Å². The van der Waals surface area contributed by atoms with Gasteiger partial charge < -0.3 is 29.5 Å². The number of carboxylic acid groups (broad SMARTS) is 1. The molecule has 3 aromatic rings. The van der Waals surface area contributed by atoms with Crippen LogP contribution in [-0.2, 0) is 14.8 Å². The van der Waals surface area contributed by atoms with Crippen LogP contribution in [-0.4, -0.2) is 68.6 Å². The highest BCUT2D eigenvalue weighted by molar-refractivity contribution is 7.93. The number of nitrogens with zero attached hydrogens (tertiary/aromatic N) is 4. The van der Waals surface area contributed by atoms with E-state index in [1.807, 2.05) is 0 Å². The second-order valence-electron chi connectivity index (χ2n) is 10.1. The van der Waals surface area contributed by atoms with Gasteiger partial charge in [-0.25, -0.2) is 22.4 Å². The number of anilines is 4. The number of aromatic nitrogens is 1. The maximum atomic E-state index is 15.5. The Labute approximate surface area is 242 Å². The maximum Gasteiger partial charge on any atom is 0.430 e. The van der Waals surface area contributed by atoms with Gasteiger partial charge in [-0.1, -0.05) is 28.9 Å². The first-order valence-electron chi connectivity index (χ1n) is 12.2. The number of sulfonamides is 1. The molecule has 0 aliphatic rings. The first-order chi connectivity index (χ1) is 19.0. The second-order valence-corrected chi connectivity index (χ2v) is 12.2. The summed E-state index contributed by atoms with van der Waals surface area (Å²) in [6.45, 7) is 6.70. The van der Waals surface area contributed by atoms with E-state index < -0.39 is 44.3 Å². The Kier molecular flexibility index (Phi) is 9.39. The lowest BCUT2D eigenvalue weighted by Gasteiger charge is -2.26. The summed E-state index contributed by atoms with van der Waals surface area (Å²) < 4.78 is 53.1. The lowest BCUT2D eigenvalue weighted by molar-refractivity contribution is 0.0607. The van der Waals surface area contributed by atoms with E-state index in [4.69, 9.17) is 26.0 Å². The van der Waals surface area contributed by atoms with Gasteiger partial charge in [-0.2, -0.15) is 0 Å². The van der Waals surface area contributed by atoms with Crippen LogP contribution in [0.4, 0.5) is 36.9 Å². The number of benzene rings is 2. The molecular formula is C26H31ClFN5O7S. The molecule has 2 aromatic carbocycles. The van der Waals surface area contributed by atoms with Crippen LogP contribution in [0, 0.1) is 12.7 Å². The number of ether oxygens (including phenoxy) is 1. The molecule has 1 heterocycles. The van der Waals surface area contributed by atoms with Crippen molar-refractivity contribution in [3.8, 4) is 0 Å². The normalized spacial score (nSPS) is 11.6. The Balaban J connectivity index is 1.97. The van der Waals surface area contributed by atoms with Crippen molar-refractivity contribution in [2.45, 2.75) is 38.2 Å². The summed E-state index contributed by atoms with van der Waals surface area (Å²) in [5.41, 5.74) is 0.125. The molecule has 0 atom stereocenters. The van der Waals surface area contributed by atoms with Crippen molar-refractivity contribution in [3.63, 3.8) is 0 Å². The number of carbonyl (C=O) groups is 2. The minimum Gasteiger partial charge on any atom is -0.465 e. The van der Waals surface area contributed by atoms with Crippen LogP contribution >= 0.6 is 11.6 Å². The first-order valence-corrected chi connectivity index (χ1v) is 14.0. The fraction of sp³-hybridized carbons (Fsp3) is 0.346. The third-order valence-electron chi connectivity index (χ3n) is 5.60. The molecule has 12 nitrogen and oxygen atoms in total. The molecule has 0 bridgehead atoms. The van der Waals surface area contributed by atoms with Crippen molar-refractivity contribution in [3.05, 3.63) is 59.1 Å². The Morgan fingerprint density at radius 2 is 1.78 bits per heavy atom. The van der Waals surface area contributed by atoms with E-state index in [1.54, 1.807) is 57.0 Å². The van der Waals surface area contributed by atoms with Crippen LogP contribution in [0.5, 0.6) is 0 Å². The van der Waals surface area contributed by atoms with E-state index >= 15 is 4.39 Å². The molecule has 0 fully saturated rings. The SMILES string of the molecule is Cc1cc(N(C(=O)OC(C)(C)C)S(=O)(=O)c2cc(Cl)c(Nc3ccccc3N(C)CCN(C)C(=O)O)cc2F)no1. The number of nitrogens with one attached hydrogen (secondary N) is 1. The number of para-hydroxylation sites is 2. The number of amides is 2. The molecular weight excluding hydrogens is 581 g/mol. The van der Waals surface area contributed by atoms with E-state index in [2.05, 4.69) is 10.5 Å². The zero-order chi connectivity index (χ0) is 30.7. The van der Waals surface area contributed by atoms with Crippen LogP contribution in [0.25, 0.3) is 0 Å². The largest absolute Gasteiger partial charge is 0.465 e. The fourth-order valence-electron chi connectivity index (χ4n) is 3.56. The van der Waals surface area contributed by atoms with E-state index in [1.165, 1.54) is 20.0 Å². The first kappa shape index (κ1) is 31.5. The lowest BCUT2D eigenvalue weighted by atomic mass is 10.2. The third kappa shape index (κ3) is 7.58. The van der Waals surface area contributed by atoms with Crippen LogP contribution in [0.15, 0.2) is 51.9 Å². The number of hydrogen-bond acceptors (Lipinski definition) is 9. The topological polar surface area (TPSA) is 146 Å². The number of carbonyl (C=O) groups excluding carboxylic acids is 1. The van der Waals surface area contributed by atoms with Gasteiger partial charge >= 0.3 is 12.2 Å². The number of rotatable bonds is 9. The molecule has 41 heavy (non-hydrogen) atoms. The van der Waals surface area contributed by atoms with Gasteiger partial charge in [0.25, 0.3) is 10.0 Å². The van der Waals surface area contributed by atoms with Gasteiger partial charge in [-0.3, -0.25) is 0 Å². The summed E-state index contributed by atoms with van der Waals surface area (Å²) in [5.74, 6) is -1.40. The number of halogens is 2. The van der Waals surface area contributed by atoms with Crippen molar-refractivity contribution < 1.29 is 36.8 Å². The molecule has 0 unspecified atom stereocenters. The van der Waals surface area contributed by atoms with Crippen LogP contribution < -0.4 is 14.5 Å². The summed E-state index contributed by atoms with van der Waals surface area (Å²) in [7, 11) is -1.71. The summed E-state index contributed by atoms with van der Waals surface area (Å²) in [5, 5.41) is 15.5. The minimum absolute atomic E-state index is 0.0488. The third-order valence-corrected chi connectivity index (χ3v) is 7.60.